The molecular weight excluding hydrogens is 409 g/mol. The van der Waals surface area contributed by atoms with E-state index >= 15 is 0 Å². The Morgan fingerprint density at radius 1 is 1.27 bits per heavy atom. The summed E-state index contributed by atoms with van der Waals surface area (Å²) in [6, 6.07) is 3.22. The van der Waals surface area contributed by atoms with Crippen LogP contribution in [-0.4, -0.2) is 49.5 Å². The van der Waals surface area contributed by atoms with Crippen LogP contribution in [0.4, 0.5) is 4.39 Å². The summed E-state index contributed by atoms with van der Waals surface area (Å²) in [7, 11) is -2.39. The Balaban J connectivity index is 1.93. The number of rotatable bonds is 5. The normalized spacial score (nSPS) is 24.2. The Kier molecular flexibility index (Phi) is 5.72. The van der Waals surface area contributed by atoms with Crippen LogP contribution in [0.5, 0.6) is 0 Å². The van der Waals surface area contributed by atoms with Gasteiger partial charge in [-0.1, -0.05) is 26.8 Å². The van der Waals surface area contributed by atoms with Crippen molar-refractivity contribution >= 4 is 32.3 Å². The summed E-state index contributed by atoms with van der Waals surface area (Å²) in [4.78, 5) is 53.0. The van der Waals surface area contributed by atoms with Gasteiger partial charge in [-0.3, -0.25) is 14.4 Å². The maximum Gasteiger partial charge on any atom is 0.395 e. The molecule has 9 heteroatoms. The van der Waals surface area contributed by atoms with Gasteiger partial charge in [-0.05, 0) is 48.7 Å². The molecule has 1 aliphatic heterocycles. The number of nitrogens with zero attached hydrogens (tertiary/aromatic N) is 1. The average molecular weight is 436 g/mol. The van der Waals surface area contributed by atoms with Crippen LogP contribution >= 0.6 is 0 Å². The van der Waals surface area contributed by atoms with E-state index < -0.39 is 44.1 Å². The van der Waals surface area contributed by atoms with E-state index in [1.807, 2.05) is 33.9 Å². The Morgan fingerprint density at radius 3 is 2.53 bits per heavy atom. The number of aldehydes is 1. The first kappa shape index (κ1) is 22.3. The van der Waals surface area contributed by atoms with Crippen molar-refractivity contribution in [2.75, 3.05) is 0 Å². The minimum Gasteiger partial charge on any atom is -0.403 e. The van der Waals surface area contributed by atoms with Gasteiger partial charge in [0.05, 0.1) is 0 Å². The molecule has 0 aromatic heterocycles. The second-order valence-corrected chi connectivity index (χ2v) is 14.0. The Labute approximate surface area is 175 Å². The topological polar surface area (TPSA) is 90.0 Å². The van der Waals surface area contributed by atoms with E-state index in [-0.39, 0.29) is 22.7 Å². The number of halogens is 1. The molecule has 1 aliphatic carbocycles. The highest BCUT2D eigenvalue weighted by Crippen LogP contribution is 2.43. The summed E-state index contributed by atoms with van der Waals surface area (Å²) in [5.41, 5.74) is 1.000. The molecule has 0 bridgehead atoms. The van der Waals surface area contributed by atoms with Gasteiger partial charge in [0, 0.05) is 11.5 Å². The van der Waals surface area contributed by atoms with Crippen LogP contribution in [0.25, 0.3) is 0 Å². The van der Waals surface area contributed by atoms with E-state index in [0.717, 1.165) is 10.6 Å². The number of β-lactam (4-membered cyclic amide) rings is 1. The summed E-state index contributed by atoms with van der Waals surface area (Å²) in [5.74, 6) is -3.41. The molecule has 0 radical (unpaired) electrons. The number of carbonyl (C=O) groups is 4. The molecule has 1 amide bonds. The monoisotopic (exact) mass is 435 g/mol. The van der Waals surface area contributed by atoms with Gasteiger partial charge >= 0.3 is 5.97 Å². The molecule has 162 valence electrons. The SMILES string of the molecule is CC(C)(C)[Si](C)(C)O[C@@H]1C(=O)N(OC(=O)C=O)[C@@H]1[C@H]1CCc2ccc(F)cc2C1=O. The van der Waals surface area contributed by atoms with Crippen LogP contribution in [0.15, 0.2) is 18.2 Å². The van der Waals surface area contributed by atoms with Gasteiger partial charge in [0.2, 0.25) is 6.29 Å². The Bertz CT molecular complexity index is 909. The third-order valence-electron chi connectivity index (χ3n) is 6.36. The van der Waals surface area contributed by atoms with Gasteiger partial charge in [-0.2, -0.15) is 5.06 Å². The van der Waals surface area contributed by atoms with Crippen LogP contribution in [0, 0.1) is 11.7 Å². The van der Waals surface area contributed by atoms with Gasteiger partial charge in [0.1, 0.15) is 11.9 Å². The van der Waals surface area contributed by atoms with Crippen molar-refractivity contribution in [3.8, 4) is 0 Å². The lowest BCUT2D eigenvalue weighted by Gasteiger charge is -2.51. The molecule has 3 rings (SSSR count). The van der Waals surface area contributed by atoms with Crippen LogP contribution in [-0.2, 0) is 30.1 Å². The molecule has 30 heavy (non-hydrogen) atoms. The van der Waals surface area contributed by atoms with Crippen molar-refractivity contribution in [3.05, 3.63) is 35.1 Å². The second-order valence-electron chi connectivity index (χ2n) is 9.29. The summed E-state index contributed by atoms with van der Waals surface area (Å²) in [5, 5.41) is 0.589. The van der Waals surface area contributed by atoms with Gasteiger partial charge in [-0.25, -0.2) is 9.18 Å². The summed E-state index contributed by atoms with van der Waals surface area (Å²) < 4.78 is 20.0. The standard InChI is InChI=1S/C21H26FNO6Si/c1-21(2,3)30(4,5)29-19-17(23(20(19)27)28-16(25)11-24)14-9-7-12-6-8-13(22)10-15(12)18(14)26/h6,8,10-11,14,17,19H,7,9H2,1-5H3/t14-,17-,19+/m1/s1. The second kappa shape index (κ2) is 7.70. The predicted octanol–water partition coefficient (Wildman–Crippen LogP) is 2.83. The highest BCUT2D eigenvalue weighted by molar-refractivity contribution is 6.74. The molecule has 1 aromatic carbocycles. The van der Waals surface area contributed by atoms with Crippen molar-refractivity contribution in [2.45, 2.75) is 63.9 Å². The minimum atomic E-state index is -2.39. The van der Waals surface area contributed by atoms with Crippen molar-refractivity contribution < 1.29 is 32.8 Å². The average Bonchev–Trinajstić information content (AvgIpc) is 2.67. The zero-order valence-electron chi connectivity index (χ0n) is 17.7. The van der Waals surface area contributed by atoms with Gasteiger partial charge in [0.25, 0.3) is 5.91 Å². The van der Waals surface area contributed by atoms with Crippen molar-refractivity contribution in [1.82, 2.24) is 5.06 Å². The number of hydrogen-bond donors (Lipinski definition) is 0. The lowest BCUT2D eigenvalue weighted by Crippen LogP contribution is -2.71. The van der Waals surface area contributed by atoms with Crippen LogP contribution in [0.3, 0.4) is 0 Å². The lowest BCUT2D eigenvalue weighted by atomic mass is 9.74. The predicted molar refractivity (Wildman–Crippen MR) is 107 cm³/mol. The van der Waals surface area contributed by atoms with Crippen molar-refractivity contribution in [2.24, 2.45) is 5.92 Å². The van der Waals surface area contributed by atoms with E-state index in [0.29, 0.717) is 12.8 Å². The van der Waals surface area contributed by atoms with Crippen LogP contribution < -0.4 is 0 Å². The fraction of sp³-hybridized carbons (Fsp3) is 0.524. The van der Waals surface area contributed by atoms with Crippen molar-refractivity contribution in [3.63, 3.8) is 0 Å². The number of aryl methyl sites for hydroxylation is 1. The molecular formula is C21H26FNO6Si. The lowest BCUT2D eigenvalue weighted by molar-refractivity contribution is -0.248. The highest BCUT2D eigenvalue weighted by Gasteiger charge is 2.59. The smallest absolute Gasteiger partial charge is 0.395 e. The zero-order chi connectivity index (χ0) is 22.4. The molecule has 0 unspecified atom stereocenters. The molecule has 0 saturated carbocycles. The van der Waals surface area contributed by atoms with Crippen LogP contribution in [0.1, 0.15) is 43.1 Å². The number of hydroxylamine groups is 2. The summed E-state index contributed by atoms with van der Waals surface area (Å²) >= 11 is 0. The van der Waals surface area contributed by atoms with Gasteiger partial charge in [-0.15, -0.1) is 0 Å². The van der Waals surface area contributed by atoms with Gasteiger partial charge in [0.15, 0.2) is 20.2 Å². The van der Waals surface area contributed by atoms with E-state index in [9.17, 15) is 23.6 Å². The molecule has 3 atom stereocenters. The fourth-order valence-electron chi connectivity index (χ4n) is 3.64. The minimum absolute atomic E-state index is 0.0419. The van der Waals surface area contributed by atoms with E-state index in [1.54, 1.807) is 6.07 Å². The number of benzene rings is 1. The number of amides is 1. The first-order valence-electron chi connectivity index (χ1n) is 9.88. The summed E-state index contributed by atoms with van der Waals surface area (Å²) in [6.07, 6.45) is -0.102. The Hall–Kier alpha value is -2.39. The number of carbonyl (C=O) groups excluding carboxylic acids is 4. The van der Waals surface area contributed by atoms with Crippen LogP contribution in [0.2, 0.25) is 18.1 Å². The van der Waals surface area contributed by atoms with E-state index in [2.05, 4.69) is 0 Å². The largest absolute Gasteiger partial charge is 0.403 e. The quantitative estimate of drug-likeness (QED) is 0.306. The molecule has 7 nitrogen and oxygen atoms in total. The third-order valence-corrected chi connectivity index (χ3v) is 10.8. The number of ketones is 1. The zero-order valence-corrected chi connectivity index (χ0v) is 18.7. The number of Topliss-reactive ketones (excluding diaryl/α,β-unsaturated/α-hetero) is 1. The molecule has 1 heterocycles. The fourth-order valence-corrected chi connectivity index (χ4v) is 4.86. The number of hydrogen-bond acceptors (Lipinski definition) is 6. The Morgan fingerprint density at radius 2 is 1.93 bits per heavy atom. The molecule has 1 aromatic rings. The molecule has 1 saturated heterocycles. The van der Waals surface area contributed by atoms with E-state index in [1.165, 1.54) is 12.1 Å². The highest BCUT2D eigenvalue weighted by atomic mass is 28.4. The molecule has 0 spiro atoms. The van der Waals surface area contributed by atoms with Gasteiger partial charge < -0.3 is 9.26 Å². The first-order chi connectivity index (χ1) is 13.9. The molecule has 2 aliphatic rings. The van der Waals surface area contributed by atoms with Crippen molar-refractivity contribution in [1.29, 1.82) is 0 Å². The first-order valence-corrected chi connectivity index (χ1v) is 12.8. The number of fused-ring (bicyclic) bond motifs is 1. The third kappa shape index (κ3) is 3.83. The maximum atomic E-state index is 13.7. The summed E-state index contributed by atoms with van der Waals surface area (Å²) in [6.45, 7) is 10.0. The molecule has 0 N–H and O–H groups in total. The molecule has 1 fully saturated rings. The van der Waals surface area contributed by atoms with E-state index in [4.69, 9.17) is 9.26 Å². The maximum absolute atomic E-state index is 13.7.